The highest BCUT2D eigenvalue weighted by Crippen LogP contribution is 2.25. The van der Waals surface area contributed by atoms with Crippen molar-refractivity contribution in [2.45, 2.75) is 12.2 Å². The zero-order valence-electron chi connectivity index (χ0n) is 20.2. The van der Waals surface area contributed by atoms with Gasteiger partial charge in [-0.3, -0.25) is 9.59 Å². The Hall–Kier alpha value is -4.26. The van der Waals surface area contributed by atoms with E-state index in [1.807, 2.05) is 109 Å². The molecule has 0 saturated heterocycles. The van der Waals surface area contributed by atoms with Gasteiger partial charge in [-0.1, -0.05) is 84.9 Å². The number of hydrogen-bond donors (Lipinski definition) is 2. The predicted octanol–water partition coefficient (Wildman–Crippen LogP) is 6.01. The van der Waals surface area contributed by atoms with Crippen LogP contribution in [0.1, 0.15) is 23.3 Å². The van der Waals surface area contributed by atoms with Crippen LogP contribution in [0.5, 0.6) is 0 Å². The normalized spacial score (nSPS) is 12.4. The van der Waals surface area contributed by atoms with Crippen molar-refractivity contribution in [3.05, 3.63) is 120 Å². The molecule has 182 valence electrons. The molecule has 0 aliphatic heterocycles. The third-order valence-electron chi connectivity index (χ3n) is 5.79. The van der Waals surface area contributed by atoms with Crippen LogP contribution in [0, 0.1) is 0 Å². The number of rotatable bonds is 9. The number of methoxy groups -OCH3 is 2. The number of anilines is 2. The minimum absolute atomic E-state index is 0.235. The van der Waals surface area contributed by atoms with Gasteiger partial charge < -0.3 is 20.1 Å². The van der Waals surface area contributed by atoms with Crippen LogP contribution in [0.15, 0.2) is 109 Å². The summed E-state index contributed by atoms with van der Waals surface area (Å²) in [5.41, 5.74) is 4.91. The van der Waals surface area contributed by atoms with E-state index < -0.39 is 12.2 Å². The molecule has 6 nitrogen and oxygen atoms in total. The smallest absolute Gasteiger partial charge is 0.258 e. The fourth-order valence-electron chi connectivity index (χ4n) is 3.95. The zero-order chi connectivity index (χ0) is 25.3. The molecule has 4 aromatic carbocycles. The highest BCUT2D eigenvalue weighted by molar-refractivity contribution is 5.96. The fraction of sp³-hybridized carbons (Fsp3) is 0.133. The van der Waals surface area contributed by atoms with Gasteiger partial charge in [0.15, 0.2) is 12.2 Å². The van der Waals surface area contributed by atoms with Crippen LogP contribution in [-0.4, -0.2) is 26.0 Å². The van der Waals surface area contributed by atoms with Crippen molar-refractivity contribution in [1.82, 2.24) is 0 Å². The summed E-state index contributed by atoms with van der Waals surface area (Å²) in [5.74, 6) is -0.470. The first-order valence-electron chi connectivity index (χ1n) is 11.6. The first kappa shape index (κ1) is 24.9. The van der Waals surface area contributed by atoms with Gasteiger partial charge in [0.25, 0.3) is 11.8 Å². The molecule has 0 heterocycles. The lowest BCUT2D eigenvalue weighted by Gasteiger charge is -2.16. The Morgan fingerprint density at radius 2 is 0.861 bits per heavy atom. The number of benzene rings is 4. The second-order valence-electron chi connectivity index (χ2n) is 8.19. The van der Waals surface area contributed by atoms with Crippen molar-refractivity contribution in [1.29, 1.82) is 0 Å². The Balaban J connectivity index is 1.39. The quantitative estimate of drug-likeness (QED) is 0.308. The summed E-state index contributed by atoms with van der Waals surface area (Å²) in [6.45, 7) is 0. The average molecular weight is 481 g/mol. The molecule has 6 heteroatoms. The molecule has 2 N–H and O–H groups in total. The number of carbonyl (C=O) groups excluding carboxylic acids is 2. The number of carbonyl (C=O) groups is 2. The summed E-state index contributed by atoms with van der Waals surface area (Å²) in [7, 11) is 3.03. The van der Waals surface area contributed by atoms with Gasteiger partial charge in [0.1, 0.15) is 0 Å². The monoisotopic (exact) mass is 480 g/mol. The maximum Gasteiger partial charge on any atom is 0.258 e. The van der Waals surface area contributed by atoms with Crippen molar-refractivity contribution in [3.63, 3.8) is 0 Å². The van der Waals surface area contributed by atoms with Gasteiger partial charge in [-0.25, -0.2) is 0 Å². The lowest BCUT2D eigenvalue weighted by molar-refractivity contribution is -0.126. The van der Waals surface area contributed by atoms with Crippen molar-refractivity contribution in [2.75, 3.05) is 24.9 Å². The van der Waals surface area contributed by atoms with Crippen LogP contribution in [0.4, 0.5) is 11.4 Å². The van der Waals surface area contributed by atoms with Crippen molar-refractivity contribution in [2.24, 2.45) is 0 Å². The predicted molar refractivity (Wildman–Crippen MR) is 142 cm³/mol. The third-order valence-corrected chi connectivity index (χ3v) is 5.79. The van der Waals surface area contributed by atoms with E-state index in [-0.39, 0.29) is 11.8 Å². The average Bonchev–Trinajstić information content (AvgIpc) is 2.92. The third kappa shape index (κ3) is 6.05. The fourth-order valence-corrected chi connectivity index (χ4v) is 3.95. The van der Waals surface area contributed by atoms with Gasteiger partial charge >= 0.3 is 0 Å². The second-order valence-corrected chi connectivity index (χ2v) is 8.19. The Morgan fingerprint density at radius 3 is 1.17 bits per heavy atom. The molecular formula is C30H28N2O4. The molecule has 4 rings (SSSR count). The molecular weight excluding hydrogens is 452 g/mol. The van der Waals surface area contributed by atoms with Gasteiger partial charge in [0, 0.05) is 25.6 Å². The van der Waals surface area contributed by atoms with Gasteiger partial charge in [-0.15, -0.1) is 0 Å². The van der Waals surface area contributed by atoms with Crippen LogP contribution < -0.4 is 10.6 Å². The molecule has 0 aliphatic carbocycles. The SMILES string of the molecule is CO[C@@H](C(=O)Nc1ccc(-c2ccc(NC(=O)[C@H](OC)c3ccccc3)cc2)cc1)c1ccccc1. The number of hydrogen-bond acceptors (Lipinski definition) is 4. The lowest BCUT2D eigenvalue weighted by atomic mass is 10.0. The van der Waals surface area contributed by atoms with Crippen molar-refractivity contribution >= 4 is 23.2 Å². The summed E-state index contributed by atoms with van der Waals surface area (Å²) in [6, 6.07) is 33.9. The van der Waals surface area contributed by atoms with Crippen LogP contribution in [0.3, 0.4) is 0 Å². The Kier molecular flexibility index (Phi) is 8.24. The van der Waals surface area contributed by atoms with Crippen molar-refractivity contribution < 1.29 is 19.1 Å². The minimum atomic E-state index is -0.687. The van der Waals surface area contributed by atoms with E-state index in [0.29, 0.717) is 11.4 Å². The second kappa shape index (κ2) is 11.9. The molecule has 2 amide bonds. The van der Waals surface area contributed by atoms with E-state index in [1.165, 1.54) is 14.2 Å². The molecule has 0 spiro atoms. The van der Waals surface area contributed by atoms with Gasteiger partial charge in [-0.05, 0) is 46.5 Å². The molecule has 0 bridgehead atoms. The summed E-state index contributed by atoms with van der Waals surface area (Å²) < 4.78 is 10.8. The molecule has 4 aromatic rings. The van der Waals surface area contributed by atoms with E-state index in [0.717, 1.165) is 22.3 Å². The van der Waals surface area contributed by atoms with Crippen LogP contribution in [-0.2, 0) is 19.1 Å². The maximum absolute atomic E-state index is 12.7. The molecule has 2 atom stereocenters. The molecule has 0 fully saturated rings. The van der Waals surface area contributed by atoms with Crippen LogP contribution in [0.2, 0.25) is 0 Å². The minimum Gasteiger partial charge on any atom is -0.367 e. The van der Waals surface area contributed by atoms with E-state index in [9.17, 15) is 9.59 Å². The Labute approximate surface area is 210 Å². The van der Waals surface area contributed by atoms with Gasteiger partial charge in [-0.2, -0.15) is 0 Å². The molecule has 0 aliphatic rings. The van der Waals surface area contributed by atoms with Gasteiger partial charge in [0.05, 0.1) is 0 Å². The molecule has 0 radical (unpaired) electrons. The summed E-state index contributed by atoms with van der Waals surface area (Å²) in [6.07, 6.45) is -1.37. The first-order chi connectivity index (χ1) is 17.6. The maximum atomic E-state index is 12.7. The van der Waals surface area contributed by atoms with Crippen LogP contribution in [0.25, 0.3) is 11.1 Å². The summed E-state index contributed by atoms with van der Waals surface area (Å²) in [5, 5.41) is 5.81. The molecule has 0 aromatic heterocycles. The van der Waals surface area contributed by atoms with E-state index in [2.05, 4.69) is 10.6 Å². The van der Waals surface area contributed by atoms with Gasteiger partial charge in [0.2, 0.25) is 0 Å². The zero-order valence-corrected chi connectivity index (χ0v) is 20.2. The van der Waals surface area contributed by atoms with E-state index in [1.54, 1.807) is 0 Å². The van der Waals surface area contributed by atoms with E-state index >= 15 is 0 Å². The van der Waals surface area contributed by atoms with Crippen LogP contribution >= 0.6 is 0 Å². The Bertz CT molecular complexity index is 1170. The van der Waals surface area contributed by atoms with E-state index in [4.69, 9.17) is 9.47 Å². The van der Waals surface area contributed by atoms with Crippen molar-refractivity contribution in [3.8, 4) is 11.1 Å². The number of nitrogens with one attached hydrogen (secondary N) is 2. The standard InChI is InChI=1S/C30H28N2O4/c1-35-27(23-9-5-3-6-10-23)29(33)31-25-17-13-21(14-18-25)22-15-19-26(20-16-22)32-30(34)28(36-2)24-11-7-4-8-12-24/h3-20,27-28H,1-2H3,(H,31,33)(H,32,34)/t27-,28-/m1/s1. The number of ether oxygens (including phenoxy) is 2. The highest BCUT2D eigenvalue weighted by Gasteiger charge is 2.21. The molecule has 0 unspecified atom stereocenters. The summed E-state index contributed by atoms with van der Waals surface area (Å²) in [4.78, 5) is 25.4. The summed E-state index contributed by atoms with van der Waals surface area (Å²) >= 11 is 0. The topological polar surface area (TPSA) is 76.7 Å². The lowest BCUT2D eigenvalue weighted by Crippen LogP contribution is -2.22. The number of amides is 2. The Morgan fingerprint density at radius 1 is 0.528 bits per heavy atom. The highest BCUT2D eigenvalue weighted by atomic mass is 16.5. The first-order valence-corrected chi connectivity index (χ1v) is 11.6. The molecule has 0 saturated carbocycles. The largest absolute Gasteiger partial charge is 0.367 e. The molecule has 36 heavy (non-hydrogen) atoms.